The Balaban J connectivity index is 0.000000226. The van der Waals surface area contributed by atoms with Gasteiger partial charge in [0, 0.05) is 10.8 Å². The Kier molecular flexibility index (Phi) is 13.4. The molecule has 6 aromatic carbocycles. The predicted octanol–water partition coefficient (Wildman–Crippen LogP) is 15.6. The highest BCUT2D eigenvalue weighted by Gasteiger charge is 2.34. The minimum atomic E-state index is 0.0555. The maximum Gasteiger partial charge on any atom is 0.0159 e. The number of hydrogen-bond donors (Lipinski definition) is 0. The number of benzene rings is 6. The van der Waals surface area contributed by atoms with E-state index in [1.54, 1.807) is 0 Å². The molecule has 0 aromatic heterocycles. The molecule has 0 unspecified atom stereocenters. The third-order valence-corrected chi connectivity index (χ3v) is 10.0. The lowest BCUT2D eigenvalue weighted by Gasteiger charge is -2.35. The molecule has 264 valence electrons. The van der Waals surface area contributed by atoms with Gasteiger partial charge in [-0.05, 0) is 99.3 Å². The van der Waals surface area contributed by atoms with Crippen LogP contribution in [0.5, 0.6) is 0 Å². The standard InChI is InChI=1S/2C21H20.4C2H6/c1-13-8-10-16-17-11-9-14(2)15-6-5-7-18(20(15)17)21(3,4)19(16)12-13;1-13-8-9-16-17-7-5-6-15-10-14(2)12-19(20(15)17)21(3,4)18(16)11-13;4*1-2/h2*5-12H,1-4H3;4*1-2H3. The molecule has 0 bridgehead atoms. The first-order valence-corrected chi connectivity index (χ1v) is 19.3. The van der Waals surface area contributed by atoms with E-state index in [9.17, 15) is 0 Å². The molecule has 0 aliphatic heterocycles. The summed E-state index contributed by atoms with van der Waals surface area (Å²) in [6.45, 7) is 34.2. The zero-order valence-electron chi connectivity index (χ0n) is 34.2. The zero-order chi connectivity index (χ0) is 37.6. The molecule has 6 aromatic rings. The van der Waals surface area contributed by atoms with Crippen LogP contribution in [-0.4, -0.2) is 0 Å². The van der Waals surface area contributed by atoms with Gasteiger partial charge in [-0.3, -0.25) is 0 Å². The Morgan fingerprint density at radius 3 is 1.38 bits per heavy atom. The highest BCUT2D eigenvalue weighted by molar-refractivity contribution is 6.05. The molecule has 0 heteroatoms. The van der Waals surface area contributed by atoms with E-state index in [1.165, 1.54) is 88.3 Å². The highest BCUT2D eigenvalue weighted by atomic mass is 14.4. The van der Waals surface area contributed by atoms with Crippen LogP contribution in [0.25, 0.3) is 43.8 Å². The molecule has 0 atom stereocenters. The maximum atomic E-state index is 2.37. The van der Waals surface area contributed by atoms with Crippen LogP contribution in [0.4, 0.5) is 0 Å². The van der Waals surface area contributed by atoms with Gasteiger partial charge in [-0.15, -0.1) is 0 Å². The molecular weight excluding hydrogens is 601 g/mol. The van der Waals surface area contributed by atoms with Crippen LogP contribution in [0.2, 0.25) is 0 Å². The van der Waals surface area contributed by atoms with E-state index in [2.05, 4.69) is 152 Å². The van der Waals surface area contributed by atoms with Crippen molar-refractivity contribution in [2.75, 3.05) is 0 Å². The van der Waals surface area contributed by atoms with Crippen LogP contribution in [0.15, 0.2) is 97.1 Å². The fourth-order valence-electron chi connectivity index (χ4n) is 7.70. The number of aryl methyl sites for hydroxylation is 4. The van der Waals surface area contributed by atoms with Gasteiger partial charge < -0.3 is 0 Å². The molecule has 2 aliphatic carbocycles. The van der Waals surface area contributed by atoms with Crippen molar-refractivity contribution < 1.29 is 0 Å². The van der Waals surface area contributed by atoms with E-state index >= 15 is 0 Å². The van der Waals surface area contributed by atoms with Crippen molar-refractivity contribution in [2.24, 2.45) is 0 Å². The summed E-state index contributed by atoms with van der Waals surface area (Å²) in [7, 11) is 0. The van der Waals surface area contributed by atoms with Crippen molar-refractivity contribution in [3.8, 4) is 22.3 Å². The van der Waals surface area contributed by atoms with Gasteiger partial charge in [0.05, 0.1) is 0 Å². The molecular formula is C50H64. The van der Waals surface area contributed by atoms with Gasteiger partial charge in [0.25, 0.3) is 0 Å². The van der Waals surface area contributed by atoms with E-state index in [0.29, 0.717) is 0 Å². The van der Waals surface area contributed by atoms with Gasteiger partial charge in [-0.25, -0.2) is 0 Å². The van der Waals surface area contributed by atoms with Crippen molar-refractivity contribution in [3.05, 3.63) is 142 Å². The minimum absolute atomic E-state index is 0.0555. The van der Waals surface area contributed by atoms with Crippen molar-refractivity contribution in [2.45, 2.75) is 122 Å². The normalized spacial score (nSPS) is 13.1. The Morgan fingerprint density at radius 1 is 0.360 bits per heavy atom. The molecule has 0 N–H and O–H groups in total. The first kappa shape index (κ1) is 40.3. The molecule has 0 amide bonds. The van der Waals surface area contributed by atoms with E-state index < -0.39 is 0 Å². The van der Waals surface area contributed by atoms with Gasteiger partial charge in [-0.2, -0.15) is 0 Å². The first-order chi connectivity index (χ1) is 24.0. The van der Waals surface area contributed by atoms with Gasteiger partial charge in [0.2, 0.25) is 0 Å². The maximum absolute atomic E-state index is 2.37. The van der Waals surface area contributed by atoms with Crippen LogP contribution >= 0.6 is 0 Å². The first-order valence-electron chi connectivity index (χ1n) is 19.3. The second-order valence-corrected chi connectivity index (χ2v) is 13.7. The summed E-state index contributed by atoms with van der Waals surface area (Å²) in [5.74, 6) is 0. The summed E-state index contributed by atoms with van der Waals surface area (Å²) in [6.07, 6.45) is 0. The molecule has 8 rings (SSSR count). The van der Waals surface area contributed by atoms with Crippen LogP contribution in [0.3, 0.4) is 0 Å². The molecule has 0 saturated heterocycles. The van der Waals surface area contributed by atoms with Crippen LogP contribution in [-0.2, 0) is 10.8 Å². The molecule has 2 aliphatic rings. The molecule has 0 radical (unpaired) electrons. The van der Waals surface area contributed by atoms with E-state index in [0.717, 1.165) is 0 Å². The third-order valence-electron chi connectivity index (χ3n) is 10.0. The predicted molar refractivity (Wildman–Crippen MR) is 227 cm³/mol. The molecule has 0 fully saturated rings. The molecule has 50 heavy (non-hydrogen) atoms. The van der Waals surface area contributed by atoms with Gasteiger partial charge >= 0.3 is 0 Å². The summed E-state index contributed by atoms with van der Waals surface area (Å²) >= 11 is 0. The van der Waals surface area contributed by atoms with Gasteiger partial charge in [0.15, 0.2) is 0 Å². The second-order valence-electron chi connectivity index (χ2n) is 13.7. The quantitative estimate of drug-likeness (QED) is 0.152. The lowest BCUT2D eigenvalue weighted by atomic mass is 9.68. The van der Waals surface area contributed by atoms with Crippen molar-refractivity contribution in [1.29, 1.82) is 0 Å². The average Bonchev–Trinajstić information content (AvgIpc) is 3.14. The largest absolute Gasteiger partial charge is 0.0683 e. The lowest BCUT2D eigenvalue weighted by molar-refractivity contribution is 0.644. The highest BCUT2D eigenvalue weighted by Crippen LogP contribution is 2.50. The topological polar surface area (TPSA) is 0 Å². The Morgan fingerprint density at radius 2 is 0.820 bits per heavy atom. The fraction of sp³-hybridized carbons (Fsp3) is 0.360. The SMILES string of the molecule is CC.CC.CC.CC.Cc1ccc2c(c1)C(C)(C)c1cc(C)cc3cccc-2c13.Cc1ccc2c(c1)C(C)(C)c1cccc3c(C)ccc-2c13. The molecule has 0 nitrogen and oxygen atoms in total. The van der Waals surface area contributed by atoms with Crippen molar-refractivity contribution in [3.63, 3.8) is 0 Å². The lowest BCUT2D eigenvalue weighted by Crippen LogP contribution is -2.24. The Bertz CT molecular complexity index is 2070. The van der Waals surface area contributed by atoms with Crippen LogP contribution < -0.4 is 0 Å². The monoisotopic (exact) mass is 665 g/mol. The summed E-state index contributed by atoms with van der Waals surface area (Å²) in [5.41, 5.74) is 16.9. The number of fused-ring (bicyclic) bond motifs is 4. The fourth-order valence-corrected chi connectivity index (χ4v) is 7.70. The van der Waals surface area contributed by atoms with E-state index in [1.807, 2.05) is 55.4 Å². The average molecular weight is 665 g/mol. The van der Waals surface area contributed by atoms with E-state index in [-0.39, 0.29) is 10.8 Å². The number of hydrogen-bond acceptors (Lipinski definition) is 0. The summed E-state index contributed by atoms with van der Waals surface area (Å²) in [4.78, 5) is 0. The third kappa shape index (κ3) is 7.05. The Labute approximate surface area is 306 Å². The van der Waals surface area contributed by atoms with Crippen LogP contribution in [0.1, 0.15) is 128 Å². The molecule has 0 spiro atoms. The summed E-state index contributed by atoms with van der Waals surface area (Å²) < 4.78 is 0. The number of rotatable bonds is 0. The summed E-state index contributed by atoms with van der Waals surface area (Å²) in [5, 5.41) is 5.63. The zero-order valence-corrected chi connectivity index (χ0v) is 34.2. The van der Waals surface area contributed by atoms with Crippen molar-refractivity contribution in [1.82, 2.24) is 0 Å². The molecule has 0 saturated carbocycles. The van der Waals surface area contributed by atoms with Gasteiger partial charge in [0.1, 0.15) is 0 Å². The smallest absolute Gasteiger partial charge is 0.0159 e. The van der Waals surface area contributed by atoms with Crippen molar-refractivity contribution >= 4 is 21.5 Å². The van der Waals surface area contributed by atoms with Crippen LogP contribution in [0, 0.1) is 27.7 Å². The second kappa shape index (κ2) is 16.7. The Hall–Kier alpha value is -4.16. The van der Waals surface area contributed by atoms with Gasteiger partial charge in [-0.1, -0.05) is 197 Å². The van der Waals surface area contributed by atoms with E-state index in [4.69, 9.17) is 0 Å². The molecule has 0 heterocycles. The summed E-state index contributed by atoms with van der Waals surface area (Å²) in [6, 6.07) is 36.5. The minimum Gasteiger partial charge on any atom is -0.0683 e.